The van der Waals surface area contributed by atoms with Crippen LogP contribution in [0, 0.1) is 6.92 Å². The standard InChI is InChI=1S/C25H20N8O3/c1-15-28-25(33(32-15)24-26-11-4-12-27-24)31-30-21-19-6-3-2-5-17(19)13-20(22(21)35)23(36)29-18-9-7-16(14-34)8-10-18/h2-13,34-35H,14H2,1H3,(H,29,36). The number of phenols is 1. The Morgan fingerprint density at radius 1 is 1.03 bits per heavy atom. The fraction of sp³-hybridized carbons (Fsp3) is 0.0800. The predicted octanol–water partition coefficient (Wildman–Crippen LogP) is 4.38. The first-order chi connectivity index (χ1) is 17.5. The van der Waals surface area contributed by atoms with Crippen molar-refractivity contribution in [2.75, 3.05) is 5.32 Å². The Morgan fingerprint density at radius 2 is 1.78 bits per heavy atom. The number of carbonyl (C=O) groups is 1. The van der Waals surface area contributed by atoms with E-state index < -0.39 is 5.91 Å². The zero-order valence-electron chi connectivity index (χ0n) is 19.1. The van der Waals surface area contributed by atoms with E-state index in [1.54, 1.807) is 67.8 Å². The minimum atomic E-state index is -0.525. The van der Waals surface area contributed by atoms with Gasteiger partial charge in [0.25, 0.3) is 17.8 Å². The van der Waals surface area contributed by atoms with E-state index in [0.717, 1.165) is 0 Å². The van der Waals surface area contributed by atoms with Gasteiger partial charge in [0.1, 0.15) is 5.69 Å². The monoisotopic (exact) mass is 480 g/mol. The van der Waals surface area contributed by atoms with Gasteiger partial charge >= 0.3 is 0 Å². The molecule has 2 aromatic heterocycles. The smallest absolute Gasteiger partial charge is 0.275 e. The summed E-state index contributed by atoms with van der Waals surface area (Å²) in [5.74, 6) is -0.0443. The molecule has 0 fully saturated rings. The second-order valence-electron chi connectivity index (χ2n) is 7.77. The van der Waals surface area contributed by atoms with E-state index in [1.807, 2.05) is 12.1 Å². The van der Waals surface area contributed by atoms with Crippen LogP contribution in [0.4, 0.5) is 17.3 Å². The number of aryl methyl sites for hydroxylation is 1. The fourth-order valence-electron chi connectivity index (χ4n) is 3.58. The highest BCUT2D eigenvalue weighted by Gasteiger charge is 2.19. The maximum atomic E-state index is 13.1. The summed E-state index contributed by atoms with van der Waals surface area (Å²) in [5.41, 5.74) is 1.36. The number of azo groups is 1. The van der Waals surface area contributed by atoms with Crippen molar-refractivity contribution in [3.8, 4) is 11.7 Å². The molecule has 3 aromatic carbocycles. The number of anilines is 1. The normalized spacial score (nSPS) is 11.3. The summed E-state index contributed by atoms with van der Waals surface area (Å²) in [5, 5.41) is 37.1. The van der Waals surface area contributed by atoms with Crippen molar-refractivity contribution in [3.63, 3.8) is 0 Å². The number of phenolic OH excluding ortho intramolecular Hbond substituents is 1. The number of fused-ring (bicyclic) bond motifs is 1. The van der Waals surface area contributed by atoms with E-state index in [1.165, 1.54) is 4.68 Å². The van der Waals surface area contributed by atoms with Crippen LogP contribution in [0.2, 0.25) is 0 Å². The second kappa shape index (κ2) is 9.68. The summed E-state index contributed by atoms with van der Waals surface area (Å²) in [6.07, 6.45) is 3.14. The third kappa shape index (κ3) is 4.50. The number of hydrogen-bond donors (Lipinski definition) is 3. The lowest BCUT2D eigenvalue weighted by Gasteiger charge is -2.11. The molecule has 36 heavy (non-hydrogen) atoms. The Hall–Kier alpha value is -5.03. The molecule has 5 rings (SSSR count). The lowest BCUT2D eigenvalue weighted by Crippen LogP contribution is -2.12. The van der Waals surface area contributed by atoms with Crippen LogP contribution in [-0.4, -0.2) is 40.9 Å². The summed E-state index contributed by atoms with van der Waals surface area (Å²) in [6, 6.07) is 17.2. The third-order valence-electron chi connectivity index (χ3n) is 5.31. The first-order valence-corrected chi connectivity index (χ1v) is 10.9. The molecule has 11 nitrogen and oxygen atoms in total. The average Bonchev–Trinajstić information content (AvgIpc) is 3.29. The predicted molar refractivity (Wildman–Crippen MR) is 132 cm³/mol. The van der Waals surface area contributed by atoms with Crippen LogP contribution in [0.3, 0.4) is 0 Å². The molecule has 0 atom stereocenters. The van der Waals surface area contributed by atoms with Crippen molar-refractivity contribution in [1.29, 1.82) is 0 Å². The molecule has 0 aliphatic rings. The lowest BCUT2D eigenvalue weighted by atomic mass is 10.0. The molecule has 2 heterocycles. The Labute approximate surface area is 204 Å². The molecular formula is C25H20N8O3. The Balaban J connectivity index is 1.55. The lowest BCUT2D eigenvalue weighted by molar-refractivity contribution is 0.102. The largest absolute Gasteiger partial charge is 0.505 e. The van der Waals surface area contributed by atoms with Crippen molar-refractivity contribution >= 4 is 34.0 Å². The molecule has 0 saturated carbocycles. The van der Waals surface area contributed by atoms with Crippen molar-refractivity contribution in [2.24, 2.45) is 10.2 Å². The van der Waals surface area contributed by atoms with E-state index in [9.17, 15) is 15.0 Å². The Kier molecular flexibility index (Phi) is 6.12. The zero-order chi connectivity index (χ0) is 25.1. The number of carbonyl (C=O) groups excluding carboxylic acids is 1. The number of aromatic hydroxyl groups is 1. The summed E-state index contributed by atoms with van der Waals surface area (Å²) >= 11 is 0. The van der Waals surface area contributed by atoms with Crippen LogP contribution < -0.4 is 5.32 Å². The average molecular weight is 480 g/mol. The summed E-state index contributed by atoms with van der Waals surface area (Å²) in [7, 11) is 0. The molecule has 5 aromatic rings. The number of nitrogens with zero attached hydrogens (tertiary/aromatic N) is 7. The molecule has 0 aliphatic heterocycles. The highest BCUT2D eigenvalue weighted by molar-refractivity contribution is 6.11. The number of aromatic nitrogens is 5. The van der Waals surface area contributed by atoms with Crippen molar-refractivity contribution in [2.45, 2.75) is 13.5 Å². The van der Waals surface area contributed by atoms with E-state index in [4.69, 9.17) is 0 Å². The van der Waals surface area contributed by atoms with E-state index in [2.05, 4.69) is 35.6 Å². The van der Waals surface area contributed by atoms with Gasteiger partial charge < -0.3 is 15.5 Å². The summed E-state index contributed by atoms with van der Waals surface area (Å²) < 4.78 is 1.34. The van der Waals surface area contributed by atoms with Crippen LogP contribution in [0.15, 0.2) is 83.3 Å². The van der Waals surface area contributed by atoms with Crippen molar-refractivity contribution in [3.05, 3.63) is 90.0 Å². The van der Waals surface area contributed by atoms with Gasteiger partial charge in [-0.15, -0.1) is 15.3 Å². The summed E-state index contributed by atoms with van der Waals surface area (Å²) in [4.78, 5) is 25.7. The quantitative estimate of drug-likeness (QED) is 0.305. The van der Waals surface area contributed by atoms with E-state index in [0.29, 0.717) is 27.8 Å². The van der Waals surface area contributed by atoms with Gasteiger partial charge in [0.15, 0.2) is 11.6 Å². The maximum Gasteiger partial charge on any atom is 0.275 e. The number of amides is 1. The van der Waals surface area contributed by atoms with Crippen LogP contribution in [0.25, 0.3) is 16.7 Å². The van der Waals surface area contributed by atoms with Gasteiger partial charge in [-0.3, -0.25) is 4.79 Å². The number of rotatable bonds is 6. The summed E-state index contributed by atoms with van der Waals surface area (Å²) in [6.45, 7) is 1.60. The van der Waals surface area contributed by atoms with Crippen molar-refractivity contribution in [1.82, 2.24) is 24.7 Å². The Bertz CT molecular complexity index is 1580. The van der Waals surface area contributed by atoms with Gasteiger partial charge in [-0.05, 0) is 42.1 Å². The molecule has 178 valence electrons. The van der Waals surface area contributed by atoms with Gasteiger partial charge in [-0.25, -0.2) is 9.97 Å². The van der Waals surface area contributed by atoms with Gasteiger partial charge in [-0.1, -0.05) is 36.4 Å². The van der Waals surface area contributed by atoms with Gasteiger partial charge in [0.05, 0.1) is 12.2 Å². The van der Waals surface area contributed by atoms with E-state index in [-0.39, 0.29) is 35.5 Å². The van der Waals surface area contributed by atoms with Crippen LogP contribution in [-0.2, 0) is 6.61 Å². The highest BCUT2D eigenvalue weighted by Crippen LogP contribution is 2.39. The second-order valence-corrected chi connectivity index (χ2v) is 7.77. The third-order valence-corrected chi connectivity index (χ3v) is 5.31. The first kappa shape index (κ1) is 22.7. The fourth-order valence-corrected chi connectivity index (χ4v) is 3.58. The number of hydrogen-bond acceptors (Lipinski definition) is 9. The molecule has 11 heteroatoms. The number of aliphatic hydroxyl groups excluding tert-OH is 1. The zero-order valence-corrected chi connectivity index (χ0v) is 19.1. The molecular weight excluding hydrogens is 460 g/mol. The van der Waals surface area contributed by atoms with Gasteiger partial charge in [0.2, 0.25) is 0 Å². The molecule has 0 saturated heterocycles. The number of nitrogens with one attached hydrogen (secondary N) is 1. The molecule has 0 spiro atoms. The minimum Gasteiger partial charge on any atom is -0.505 e. The molecule has 3 N–H and O–H groups in total. The molecule has 0 aliphatic carbocycles. The van der Waals surface area contributed by atoms with Crippen molar-refractivity contribution < 1.29 is 15.0 Å². The minimum absolute atomic E-state index is 0.0259. The van der Waals surface area contributed by atoms with Gasteiger partial charge in [0, 0.05) is 23.5 Å². The first-order valence-electron chi connectivity index (χ1n) is 10.9. The van der Waals surface area contributed by atoms with Gasteiger partial charge in [-0.2, -0.15) is 9.67 Å². The molecule has 0 unspecified atom stereocenters. The van der Waals surface area contributed by atoms with Crippen LogP contribution in [0.1, 0.15) is 21.7 Å². The van der Waals surface area contributed by atoms with Crippen LogP contribution in [0.5, 0.6) is 5.75 Å². The number of benzene rings is 3. The molecule has 0 radical (unpaired) electrons. The topological polar surface area (TPSA) is 151 Å². The molecule has 0 bridgehead atoms. The Morgan fingerprint density at radius 3 is 2.53 bits per heavy atom. The molecule has 1 amide bonds. The highest BCUT2D eigenvalue weighted by atomic mass is 16.3. The maximum absolute atomic E-state index is 13.1. The SMILES string of the molecule is Cc1nc(N=Nc2c(O)c(C(=O)Nc3ccc(CO)cc3)cc3ccccc23)n(-c2ncccn2)n1. The number of aliphatic hydroxyl groups is 1. The van der Waals surface area contributed by atoms with E-state index >= 15 is 0 Å². The van der Waals surface area contributed by atoms with Crippen LogP contribution >= 0.6 is 0 Å².